The van der Waals surface area contributed by atoms with Gasteiger partial charge in [-0.1, -0.05) is 12.1 Å². The van der Waals surface area contributed by atoms with E-state index in [4.69, 9.17) is 9.84 Å². The zero-order valence-electron chi connectivity index (χ0n) is 21.0. The number of aliphatic hydroxyl groups is 1. The summed E-state index contributed by atoms with van der Waals surface area (Å²) in [5, 5.41) is 24.7. The lowest BCUT2D eigenvalue weighted by molar-refractivity contribution is -0.138. The van der Waals surface area contributed by atoms with Crippen LogP contribution < -0.4 is 4.90 Å². The van der Waals surface area contributed by atoms with E-state index in [1.54, 1.807) is 6.07 Å². The summed E-state index contributed by atoms with van der Waals surface area (Å²) in [6, 6.07) is 5.59. The van der Waals surface area contributed by atoms with Crippen molar-refractivity contribution >= 4 is 17.4 Å². The quantitative estimate of drug-likeness (QED) is 0.498. The van der Waals surface area contributed by atoms with Crippen LogP contribution in [0.2, 0.25) is 0 Å². The molecule has 9 nitrogen and oxygen atoms in total. The van der Waals surface area contributed by atoms with Crippen molar-refractivity contribution in [1.82, 2.24) is 19.5 Å². The average Bonchev–Trinajstić information content (AvgIpc) is 3.22. The third-order valence-electron chi connectivity index (χ3n) is 7.35. The molecule has 0 amide bonds. The van der Waals surface area contributed by atoms with Crippen LogP contribution in [-0.2, 0) is 23.9 Å². The van der Waals surface area contributed by atoms with E-state index < -0.39 is 17.7 Å². The van der Waals surface area contributed by atoms with Crippen LogP contribution in [0.15, 0.2) is 24.3 Å². The fourth-order valence-electron chi connectivity index (χ4n) is 5.16. The molecule has 1 aromatic carbocycles. The Morgan fingerprint density at radius 2 is 1.87 bits per heavy atom. The van der Waals surface area contributed by atoms with E-state index in [1.807, 2.05) is 4.90 Å². The molecule has 2 saturated heterocycles. The molecule has 38 heavy (non-hydrogen) atoms. The molecule has 0 unspecified atom stereocenters. The van der Waals surface area contributed by atoms with Crippen LogP contribution in [0.25, 0.3) is 5.65 Å². The Labute approximate surface area is 217 Å². The highest BCUT2D eigenvalue weighted by molar-refractivity contribution is 5.95. The number of carboxylic acids is 1. The molecule has 5 rings (SSSR count). The summed E-state index contributed by atoms with van der Waals surface area (Å²) in [6.45, 7) is 5.12. The standard InChI is InChI=1S/C26H30F3N5O4/c1-16-17(3-2-4-20(16)26(27,28)29)13-22-21(15-32-7-5-18(35)6-8-32)30-24-19(25(36)37)14-23(31-34(22)24)33-9-11-38-12-10-33/h2-4,14,18,35H,5-13,15H2,1H3,(H,36,37). The minimum absolute atomic E-state index is 0.0242. The number of likely N-dealkylation sites (tertiary alicyclic amines) is 1. The highest BCUT2D eigenvalue weighted by Crippen LogP contribution is 2.34. The van der Waals surface area contributed by atoms with Gasteiger partial charge in [-0.2, -0.15) is 13.2 Å². The number of piperidine rings is 1. The molecule has 204 valence electrons. The summed E-state index contributed by atoms with van der Waals surface area (Å²) >= 11 is 0. The SMILES string of the molecule is Cc1c(Cc2c(CN3CCC(O)CC3)nc3c(C(=O)O)cc(N4CCOCC4)nn23)cccc1C(F)(F)F. The van der Waals surface area contributed by atoms with E-state index in [2.05, 4.69) is 9.88 Å². The van der Waals surface area contributed by atoms with Gasteiger partial charge in [-0.3, -0.25) is 4.90 Å². The van der Waals surface area contributed by atoms with E-state index >= 15 is 0 Å². The van der Waals surface area contributed by atoms with Gasteiger partial charge in [0.1, 0.15) is 5.56 Å². The van der Waals surface area contributed by atoms with Gasteiger partial charge in [-0.25, -0.2) is 14.3 Å². The van der Waals surface area contributed by atoms with Crippen molar-refractivity contribution in [2.24, 2.45) is 0 Å². The van der Waals surface area contributed by atoms with Gasteiger partial charge in [0, 0.05) is 45.2 Å². The predicted molar refractivity (Wildman–Crippen MR) is 132 cm³/mol. The van der Waals surface area contributed by atoms with Gasteiger partial charge in [-0.15, -0.1) is 5.10 Å². The molecule has 2 aromatic heterocycles. The van der Waals surface area contributed by atoms with Crippen molar-refractivity contribution in [3.05, 3.63) is 57.9 Å². The molecule has 0 saturated carbocycles. The van der Waals surface area contributed by atoms with Crippen molar-refractivity contribution in [3.63, 3.8) is 0 Å². The Bertz CT molecular complexity index is 1330. The number of carbonyl (C=O) groups is 1. The molecular weight excluding hydrogens is 503 g/mol. The zero-order valence-corrected chi connectivity index (χ0v) is 21.0. The van der Waals surface area contributed by atoms with Gasteiger partial charge in [0.05, 0.1) is 36.3 Å². The minimum Gasteiger partial charge on any atom is -0.478 e. The highest BCUT2D eigenvalue weighted by atomic mass is 19.4. The van der Waals surface area contributed by atoms with Crippen molar-refractivity contribution in [3.8, 4) is 0 Å². The molecule has 12 heteroatoms. The first kappa shape index (κ1) is 26.4. The number of morpholine rings is 1. The van der Waals surface area contributed by atoms with E-state index in [1.165, 1.54) is 23.6 Å². The molecule has 4 heterocycles. The van der Waals surface area contributed by atoms with Crippen LogP contribution >= 0.6 is 0 Å². The molecular formula is C26H30F3N5O4. The minimum atomic E-state index is -4.49. The number of hydrogen-bond acceptors (Lipinski definition) is 7. The molecule has 0 atom stereocenters. The van der Waals surface area contributed by atoms with Crippen LogP contribution in [-0.4, -0.2) is 81.2 Å². The summed E-state index contributed by atoms with van der Waals surface area (Å²) in [6.07, 6.45) is -3.54. The number of aliphatic hydroxyl groups excluding tert-OH is 1. The van der Waals surface area contributed by atoms with E-state index in [-0.39, 0.29) is 29.3 Å². The number of ether oxygens (including phenoxy) is 1. The summed E-state index contributed by atoms with van der Waals surface area (Å²) in [4.78, 5) is 21.0. The smallest absolute Gasteiger partial charge is 0.416 e. The van der Waals surface area contributed by atoms with Crippen LogP contribution in [0.4, 0.5) is 19.0 Å². The number of aromatic nitrogens is 3. The Hall–Kier alpha value is -3.22. The second-order valence-corrected chi connectivity index (χ2v) is 9.83. The maximum Gasteiger partial charge on any atom is 0.416 e. The number of aromatic carboxylic acids is 1. The zero-order chi connectivity index (χ0) is 27.0. The first-order valence-electron chi connectivity index (χ1n) is 12.7. The second-order valence-electron chi connectivity index (χ2n) is 9.83. The summed E-state index contributed by atoms with van der Waals surface area (Å²) in [5.41, 5.74) is 1.12. The topological polar surface area (TPSA) is 103 Å². The number of rotatable bonds is 6. The van der Waals surface area contributed by atoms with Crippen LogP contribution in [0.1, 0.15) is 51.3 Å². The lowest BCUT2D eigenvalue weighted by atomic mass is 9.97. The number of hydrogen-bond donors (Lipinski definition) is 2. The van der Waals surface area contributed by atoms with Crippen molar-refractivity contribution in [2.45, 2.75) is 45.0 Å². The average molecular weight is 534 g/mol. The van der Waals surface area contributed by atoms with Gasteiger partial charge >= 0.3 is 12.1 Å². The molecule has 2 fully saturated rings. The number of anilines is 1. The van der Waals surface area contributed by atoms with Crippen molar-refractivity contribution in [2.75, 3.05) is 44.3 Å². The van der Waals surface area contributed by atoms with Crippen LogP contribution in [0, 0.1) is 6.92 Å². The summed E-state index contributed by atoms with van der Waals surface area (Å²) in [5.74, 6) is -0.711. The van der Waals surface area contributed by atoms with Gasteiger partial charge < -0.3 is 19.8 Å². The van der Waals surface area contributed by atoms with E-state index in [0.717, 1.165) is 6.07 Å². The van der Waals surface area contributed by atoms with Gasteiger partial charge in [-0.05, 0) is 37.0 Å². The fourth-order valence-corrected chi connectivity index (χ4v) is 5.16. The number of fused-ring (bicyclic) bond motifs is 1. The molecule has 0 spiro atoms. The van der Waals surface area contributed by atoms with Crippen LogP contribution in [0.3, 0.4) is 0 Å². The fraction of sp³-hybridized carbons (Fsp3) is 0.500. The normalized spacial score (nSPS) is 17.9. The first-order valence-corrected chi connectivity index (χ1v) is 12.7. The van der Waals surface area contributed by atoms with Crippen molar-refractivity contribution < 1.29 is 32.9 Å². The Kier molecular flexibility index (Phi) is 7.30. The molecule has 0 bridgehead atoms. The Morgan fingerprint density at radius 3 is 2.53 bits per heavy atom. The van der Waals surface area contributed by atoms with Gasteiger partial charge in [0.2, 0.25) is 0 Å². The number of nitrogens with zero attached hydrogens (tertiary/aromatic N) is 5. The lowest BCUT2D eigenvalue weighted by Gasteiger charge is -2.29. The Morgan fingerprint density at radius 1 is 1.16 bits per heavy atom. The number of benzene rings is 1. The maximum absolute atomic E-state index is 13.6. The van der Waals surface area contributed by atoms with Crippen LogP contribution in [0.5, 0.6) is 0 Å². The highest BCUT2D eigenvalue weighted by Gasteiger charge is 2.33. The molecule has 2 aliphatic rings. The third-order valence-corrected chi connectivity index (χ3v) is 7.35. The Balaban J connectivity index is 1.64. The number of halogens is 3. The summed E-state index contributed by atoms with van der Waals surface area (Å²) < 4.78 is 47.8. The number of carboxylic acid groups (broad SMARTS) is 1. The van der Waals surface area contributed by atoms with Gasteiger partial charge in [0.25, 0.3) is 0 Å². The predicted octanol–water partition coefficient (Wildman–Crippen LogP) is 3.14. The lowest BCUT2D eigenvalue weighted by Crippen LogP contribution is -2.37. The summed E-state index contributed by atoms with van der Waals surface area (Å²) in [7, 11) is 0. The number of imidazole rings is 1. The van der Waals surface area contributed by atoms with E-state index in [9.17, 15) is 28.2 Å². The molecule has 2 aliphatic heterocycles. The molecule has 3 aromatic rings. The molecule has 0 aliphatic carbocycles. The van der Waals surface area contributed by atoms with E-state index in [0.29, 0.717) is 81.5 Å². The maximum atomic E-state index is 13.6. The van der Waals surface area contributed by atoms with Gasteiger partial charge in [0.15, 0.2) is 11.5 Å². The number of alkyl halides is 3. The largest absolute Gasteiger partial charge is 0.478 e. The third kappa shape index (κ3) is 5.33. The monoisotopic (exact) mass is 533 g/mol. The molecule has 2 N–H and O–H groups in total. The molecule has 0 radical (unpaired) electrons. The van der Waals surface area contributed by atoms with Crippen molar-refractivity contribution in [1.29, 1.82) is 0 Å². The second kappa shape index (κ2) is 10.5. The first-order chi connectivity index (χ1) is 18.1.